The third kappa shape index (κ3) is 5.10. The Morgan fingerprint density at radius 2 is 1.86 bits per heavy atom. The van der Waals surface area contributed by atoms with Crippen molar-refractivity contribution in [3.05, 3.63) is 88.0 Å². The highest BCUT2D eigenvalue weighted by molar-refractivity contribution is 7.89. The zero-order valence-corrected chi connectivity index (χ0v) is 20.3. The molecule has 0 unspecified atom stereocenters. The third-order valence-electron chi connectivity index (χ3n) is 6.36. The number of sulfonamides is 1. The lowest BCUT2D eigenvalue weighted by molar-refractivity contribution is -0.385. The number of nitro groups is 1. The van der Waals surface area contributed by atoms with Crippen LogP contribution < -0.4 is 5.32 Å². The summed E-state index contributed by atoms with van der Waals surface area (Å²) in [7, 11) is -2.06. The summed E-state index contributed by atoms with van der Waals surface area (Å²) in [5, 5.41) is 14.2. The summed E-state index contributed by atoms with van der Waals surface area (Å²) in [4.78, 5) is 28.0. The van der Waals surface area contributed by atoms with Crippen LogP contribution in [0.15, 0.2) is 65.8 Å². The lowest BCUT2D eigenvalue weighted by Crippen LogP contribution is -2.44. The van der Waals surface area contributed by atoms with Crippen molar-refractivity contribution in [2.24, 2.45) is 13.0 Å². The molecule has 35 heavy (non-hydrogen) atoms. The smallest absolute Gasteiger partial charge is 0.270 e. The number of aryl methyl sites for hydroxylation is 2. The van der Waals surface area contributed by atoms with Gasteiger partial charge in [-0.1, -0.05) is 36.4 Å². The fourth-order valence-electron chi connectivity index (χ4n) is 4.34. The lowest BCUT2D eigenvalue weighted by Gasteiger charge is -2.31. The van der Waals surface area contributed by atoms with Crippen LogP contribution in [0, 0.1) is 23.0 Å². The molecule has 1 saturated heterocycles. The van der Waals surface area contributed by atoms with Gasteiger partial charge in [-0.2, -0.15) is 4.31 Å². The lowest BCUT2D eigenvalue weighted by atomic mass is 9.96. The summed E-state index contributed by atoms with van der Waals surface area (Å²) in [5.41, 5.74) is 1.07. The predicted molar refractivity (Wildman–Crippen MR) is 129 cm³/mol. The van der Waals surface area contributed by atoms with Gasteiger partial charge in [0.05, 0.1) is 9.82 Å². The van der Waals surface area contributed by atoms with Crippen molar-refractivity contribution in [1.29, 1.82) is 0 Å². The Labute approximate surface area is 203 Å². The average Bonchev–Trinajstić information content (AvgIpc) is 3.28. The van der Waals surface area contributed by atoms with Crippen molar-refractivity contribution in [3.63, 3.8) is 0 Å². The number of aromatic nitrogens is 2. The van der Waals surface area contributed by atoms with E-state index in [1.54, 1.807) is 13.1 Å². The molecule has 3 aromatic rings. The van der Waals surface area contributed by atoms with Gasteiger partial charge in [-0.15, -0.1) is 0 Å². The molecule has 2 aromatic carbocycles. The van der Waals surface area contributed by atoms with Crippen LogP contribution in [-0.4, -0.2) is 46.2 Å². The second-order valence-electron chi connectivity index (χ2n) is 8.63. The van der Waals surface area contributed by atoms with Crippen LogP contribution in [0.25, 0.3) is 0 Å². The Kier molecular flexibility index (Phi) is 6.99. The van der Waals surface area contributed by atoms with E-state index in [9.17, 15) is 23.3 Å². The van der Waals surface area contributed by atoms with Gasteiger partial charge in [0.1, 0.15) is 11.9 Å². The quantitative estimate of drug-likeness (QED) is 0.395. The van der Waals surface area contributed by atoms with E-state index in [1.165, 1.54) is 16.4 Å². The van der Waals surface area contributed by atoms with Gasteiger partial charge in [-0.3, -0.25) is 14.9 Å². The number of nitro benzene ring substituents is 1. The van der Waals surface area contributed by atoms with Gasteiger partial charge < -0.3 is 9.88 Å². The molecule has 1 amide bonds. The number of nitrogens with one attached hydrogen (secondary N) is 1. The maximum absolute atomic E-state index is 13.2. The van der Waals surface area contributed by atoms with Crippen LogP contribution in [0.1, 0.15) is 35.8 Å². The van der Waals surface area contributed by atoms with E-state index < -0.39 is 21.0 Å². The highest BCUT2D eigenvalue weighted by Gasteiger charge is 2.34. The number of amides is 1. The first-order chi connectivity index (χ1) is 16.7. The maximum Gasteiger partial charge on any atom is 0.270 e. The summed E-state index contributed by atoms with van der Waals surface area (Å²) in [6.45, 7) is 1.92. The number of non-ortho nitro benzene ring substituents is 1. The van der Waals surface area contributed by atoms with Crippen LogP contribution in [-0.2, 0) is 21.9 Å². The van der Waals surface area contributed by atoms with Gasteiger partial charge in [-0.05, 0) is 30.9 Å². The molecule has 2 heterocycles. The molecule has 4 rings (SSSR count). The fourth-order valence-corrected chi connectivity index (χ4v) is 6.05. The zero-order valence-electron chi connectivity index (χ0n) is 19.5. The molecule has 11 heteroatoms. The number of piperidine rings is 1. The first-order valence-corrected chi connectivity index (χ1v) is 12.7. The fraction of sp³-hybridized carbons (Fsp3) is 0.333. The van der Waals surface area contributed by atoms with Crippen molar-refractivity contribution in [1.82, 2.24) is 19.2 Å². The molecule has 1 fully saturated rings. The summed E-state index contributed by atoms with van der Waals surface area (Å²) in [6, 6.07) is 12.9. The molecule has 1 aliphatic rings. The summed E-state index contributed by atoms with van der Waals surface area (Å²) >= 11 is 0. The van der Waals surface area contributed by atoms with Crippen LogP contribution in [0.4, 0.5) is 5.69 Å². The van der Waals surface area contributed by atoms with Crippen LogP contribution in [0.3, 0.4) is 0 Å². The van der Waals surface area contributed by atoms with Crippen LogP contribution in [0.5, 0.6) is 0 Å². The second-order valence-corrected chi connectivity index (χ2v) is 10.5. The van der Waals surface area contributed by atoms with E-state index in [4.69, 9.17) is 0 Å². The summed E-state index contributed by atoms with van der Waals surface area (Å²) < 4.78 is 29.6. The molecule has 1 N–H and O–H groups in total. The van der Waals surface area contributed by atoms with Gasteiger partial charge in [0.25, 0.3) is 5.69 Å². The van der Waals surface area contributed by atoms with E-state index in [0.717, 1.165) is 11.6 Å². The molecule has 0 radical (unpaired) electrons. The normalized spacial score (nSPS) is 16.1. The van der Waals surface area contributed by atoms with E-state index in [2.05, 4.69) is 10.3 Å². The molecule has 10 nitrogen and oxygen atoms in total. The number of imidazole rings is 1. The monoisotopic (exact) mass is 497 g/mol. The topological polar surface area (TPSA) is 127 Å². The highest BCUT2D eigenvalue weighted by Crippen LogP contribution is 2.29. The standard InChI is InChI=1S/C24H27N5O5S/c1-17-8-9-20(29(31)32)16-21(17)35(33,34)28-13-10-19(11-14-28)24(30)26-22(18-6-4-3-5-7-18)23-25-12-15-27(23)2/h3-9,12,15-16,19,22H,10-11,13-14H2,1-2H3,(H,26,30)/t22-/m1/s1. The van der Waals surface area contributed by atoms with Crippen molar-refractivity contribution in [3.8, 4) is 0 Å². The van der Waals surface area contributed by atoms with Crippen molar-refractivity contribution < 1.29 is 18.1 Å². The molecule has 0 bridgehead atoms. The Hall–Kier alpha value is -3.57. The first-order valence-electron chi connectivity index (χ1n) is 11.3. The Morgan fingerprint density at radius 1 is 1.17 bits per heavy atom. The molecular formula is C24H27N5O5S. The average molecular weight is 498 g/mol. The van der Waals surface area contributed by atoms with E-state index in [1.807, 2.05) is 48.1 Å². The first kappa shape index (κ1) is 24.6. The molecule has 1 aromatic heterocycles. The number of hydrogen-bond acceptors (Lipinski definition) is 6. The minimum atomic E-state index is -3.92. The van der Waals surface area contributed by atoms with Gasteiger partial charge in [0.2, 0.25) is 15.9 Å². The van der Waals surface area contributed by atoms with Crippen LogP contribution >= 0.6 is 0 Å². The van der Waals surface area contributed by atoms with Crippen LogP contribution in [0.2, 0.25) is 0 Å². The van der Waals surface area contributed by atoms with Gasteiger partial charge >= 0.3 is 0 Å². The number of carbonyl (C=O) groups excluding carboxylic acids is 1. The Morgan fingerprint density at radius 3 is 2.46 bits per heavy atom. The molecule has 0 aliphatic carbocycles. The van der Waals surface area contributed by atoms with E-state index in [-0.39, 0.29) is 35.5 Å². The molecule has 1 aliphatic heterocycles. The molecule has 184 valence electrons. The second kappa shape index (κ2) is 9.96. The SMILES string of the molecule is Cc1ccc([N+](=O)[O-])cc1S(=O)(=O)N1CCC(C(=O)N[C@H](c2ccccc2)c2nccn2C)CC1. The van der Waals surface area contributed by atoms with E-state index in [0.29, 0.717) is 24.2 Å². The summed E-state index contributed by atoms with van der Waals surface area (Å²) in [5.74, 6) is 0.176. The molecule has 1 atom stereocenters. The van der Waals surface area contributed by atoms with Crippen molar-refractivity contribution in [2.45, 2.75) is 30.7 Å². The minimum Gasteiger partial charge on any atom is -0.342 e. The largest absolute Gasteiger partial charge is 0.342 e. The van der Waals surface area contributed by atoms with Crippen molar-refractivity contribution >= 4 is 21.6 Å². The Bertz CT molecular complexity index is 1330. The summed E-state index contributed by atoms with van der Waals surface area (Å²) in [6.07, 6.45) is 4.19. The van der Waals surface area contributed by atoms with E-state index >= 15 is 0 Å². The molecule has 0 spiro atoms. The van der Waals surface area contributed by atoms with Gasteiger partial charge in [0, 0.05) is 50.6 Å². The maximum atomic E-state index is 13.2. The number of hydrogen-bond donors (Lipinski definition) is 1. The Balaban J connectivity index is 1.47. The molecular weight excluding hydrogens is 470 g/mol. The highest BCUT2D eigenvalue weighted by atomic mass is 32.2. The minimum absolute atomic E-state index is 0.0754. The number of rotatable bonds is 7. The number of carbonyl (C=O) groups is 1. The van der Waals surface area contributed by atoms with Crippen molar-refractivity contribution in [2.75, 3.05) is 13.1 Å². The number of nitrogens with zero attached hydrogens (tertiary/aromatic N) is 4. The predicted octanol–water partition coefficient (Wildman–Crippen LogP) is 2.94. The third-order valence-corrected chi connectivity index (χ3v) is 8.40. The zero-order chi connectivity index (χ0) is 25.2. The van der Waals surface area contributed by atoms with Gasteiger partial charge in [-0.25, -0.2) is 13.4 Å². The number of benzene rings is 2. The molecule has 0 saturated carbocycles. The van der Waals surface area contributed by atoms with Gasteiger partial charge in [0.15, 0.2) is 0 Å².